The molecule has 0 aromatic carbocycles. The Morgan fingerprint density at radius 1 is 1.35 bits per heavy atom. The lowest BCUT2D eigenvalue weighted by molar-refractivity contribution is -0.131. The Kier molecular flexibility index (Phi) is 5.66. The predicted octanol–water partition coefficient (Wildman–Crippen LogP) is 2.50. The van der Waals surface area contributed by atoms with Crippen molar-refractivity contribution in [3.63, 3.8) is 0 Å². The molecule has 2 amide bonds. The first-order chi connectivity index (χ1) is 12.4. The van der Waals surface area contributed by atoms with Crippen molar-refractivity contribution in [3.05, 3.63) is 45.7 Å². The summed E-state index contributed by atoms with van der Waals surface area (Å²) in [6, 6.07) is 3.74. The molecule has 0 N–H and O–H groups in total. The molecule has 1 aliphatic heterocycles. The van der Waals surface area contributed by atoms with Gasteiger partial charge in [0, 0.05) is 50.4 Å². The minimum Gasteiger partial charge on any atom is -0.345 e. The van der Waals surface area contributed by atoms with Crippen LogP contribution in [0.3, 0.4) is 0 Å². The molecular formula is C19H24N4O2S. The normalized spacial score (nSPS) is 17.2. The number of thiazole rings is 1. The fraction of sp³-hybridized carbons (Fsp3) is 0.474. The maximum atomic E-state index is 12.6. The molecule has 3 heterocycles. The summed E-state index contributed by atoms with van der Waals surface area (Å²) in [4.78, 5) is 36.9. The van der Waals surface area contributed by atoms with E-state index in [-0.39, 0.29) is 17.7 Å². The molecule has 26 heavy (non-hydrogen) atoms. The van der Waals surface area contributed by atoms with E-state index in [0.717, 1.165) is 35.8 Å². The summed E-state index contributed by atoms with van der Waals surface area (Å²) in [6.45, 7) is 3.41. The molecule has 0 radical (unpaired) electrons. The number of nitrogens with zero attached hydrogens (tertiary/aromatic N) is 4. The van der Waals surface area contributed by atoms with Crippen LogP contribution in [0.25, 0.3) is 0 Å². The van der Waals surface area contributed by atoms with Gasteiger partial charge in [0.2, 0.25) is 5.91 Å². The number of carbonyl (C=O) groups is 2. The molecule has 0 saturated carbocycles. The third-order valence-corrected chi connectivity index (χ3v) is 5.45. The van der Waals surface area contributed by atoms with Crippen LogP contribution in [0.1, 0.15) is 45.5 Å². The maximum Gasteiger partial charge on any atom is 0.254 e. The van der Waals surface area contributed by atoms with Gasteiger partial charge in [-0.25, -0.2) is 4.98 Å². The van der Waals surface area contributed by atoms with Crippen LogP contribution >= 0.6 is 11.3 Å². The highest BCUT2D eigenvalue weighted by Crippen LogP contribution is 2.26. The van der Waals surface area contributed by atoms with E-state index in [0.29, 0.717) is 18.5 Å². The van der Waals surface area contributed by atoms with E-state index in [9.17, 15) is 9.59 Å². The van der Waals surface area contributed by atoms with Crippen LogP contribution in [-0.4, -0.2) is 58.8 Å². The van der Waals surface area contributed by atoms with Crippen LogP contribution in [0.4, 0.5) is 0 Å². The molecule has 6 nitrogen and oxygen atoms in total. The second-order valence-corrected chi connectivity index (χ2v) is 7.95. The van der Waals surface area contributed by atoms with E-state index in [4.69, 9.17) is 0 Å². The predicted molar refractivity (Wildman–Crippen MR) is 101 cm³/mol. The lowest BCUT2D eigenvalue weighted by Crippen LogP contribution is -2.40. The number of hydrogen-bond acceptors (Lipinski definition) is 5. The van der Waals surface area contributed by atoms with Gasteiger partial charge in [0.1, 0.15) is 0 Å². The maximum absolute atomic E-state index is 12.6. The largest absolute Gasteiger partial charge is 0.345 e. The third-order valence-electron chi connectivity index (χ3n) is 4.63. The average Bonchev–Trinajstić information content (AvgIpc) is 3.06. The molecule has 1 unspecified atom stereocenters. The van der Waals surface area contributed by atoms with Gasteiger partial charge in [0.05, 0.1) is 22.7 Å². The summed E-state index contributed by atoms with van der Waals surface area (Å²) in [6.07, 6.45) is 3.97. The van der Waals surface area contributed by atoms with Crippen LogP contribution in [-0.2, 0) is 11.2 Å². The Labute approximate surface area is 157 Å². The third kappa shape index (κ3) is 4.27. The number of aromatic nitrogens is 2. The molecule has 1 saturated heterocycles. The van der Waals surface area contributed by atoms with Crippen molar-refractivity contribution >= 4 is 23.2 Å². The van der Waals surface area contributed by atoms with Crippen molar-refractivity contribution in [1.29, 1.82) is 0 Å². The first-order valence-corrected chi connectivity index (χ1v) is 9.68. The number of pyridine rings is 1. The Morgan fingerprint density at radius 2 is 2.15 bits per heavy atom. The minimum absolute atomic E-state index is 0.0527. The zero-order chi connectivity index (χ0) is 18.7. The van der Waals surface area contributed by atoms with Crippen LogP contribution in [0.2, 0.25) is 0 Å². The van der Waals surface area contributed by atoms with Crippen LogP contribution in [0.15, 0.2) is 23.7 Å². The molecule has 7 heteroatoms. The SMILES string of the molecule is Cc1nc(CC(=O)N2CCCC(c3ccc(C(=O)N(C)C)cn3)C2)cs1. The number of piperidine rings is 1. The Morgan fingerprint density at radius 3 is 2.77 bits per heavy atom. The highest BCUT2D eigenvalue weighted by atomic mass is 32.1. The monoisotopic (exact) mass is 372 g/mol. The van der Waals surface area contributed by atoms with E-state index in [1.807, 2.05) is 29.3 Å². The summed E-state index contributed by atoms with van der Waals surface area (Å²) in [7, 11) is 3.45. The van der Waals surface area contributed by atoms with Gasteiger partial charge in [-0.2, -0.15) is 0 Å². The van der Waals surface area contributed by atoms with Crippen LogP contribution < -0.4 is 0 Å². The highest BCUT2D eigenvalue weighted by molar-refractivity contribution is 7.09. The van der Waals surface area contributed by atoms with Crippen molar-refractivity contribution < 1.29 is 9.59 Å². The number of likely N-dealkylation sites (tertiary alicyclic amines) is 1. The molecular weight excluding hydrogens is 348 g/mol. The topological polar surface area (TPSA) is 66.4 Å². The molecule has 1 aliphatic rings. The standard InChI is InChI=1S/C19H24N4O2S/c1-13-21-16(12-26-13)9-18(24)23-8-4-5-15(11-23)17-7-6-14(10-20-17)19(25)22(2)3/h6-7,10,12,15H,4-5,8-9,11H2,1-3H3. The van der Waals surface area contributed by atoms with E-state index < -0.39 is 0 Å². The van der Waals surface area contributed by atoms with E-state index in [1.165, 1.54) is 4.90 Å². The summed E-state index contributed by atoms with van der Waals surface area (Å²) in [5.41, 5.74) is 2.38. The Bertz CT molecular complexity index is 785. The quantitative estimate of drug-likeness (QED) is 0.827. The highest BCUT2D eigenvalue weighted by Gasteiger charge is 2.26. The van der Waals surface area contributed by atoms with Gasteiger partial charge in [-0.1, -0.05) is 0 Å². The van der Waals surface area contributed by atoms with Gasteiger partial charge in [0.25, 0.3) is 5.91 Å². The van der Waals surface area contributed by atoms with Gasteiger partial charge in [0.15, 0.2) is 0 Å². The van der Waals surface area contributed by atoms with Crippen molar-refractivity contribution in [3.8, 4) is 0 Å². The lowest BCUT2D eigenvalue weighted by Gasteiger charge is -2.32. The minimum atomic E-state index is -0.0527. The average molecular weight is 372 g/mol. The second kappa shape index (κ2) is 7.95. The molecule has 1 fully saturated rings. The molecule has 0 spiro atoms. The number of rotatable bonds is 4. The first kappa shape index (κ1) is 18.5. The van der Waals surface area contributed by atoms with E-state index in [2.05, 4.69) is 9.97 Å². The molecule has 1 atom stereocenters. The summed E-state index contributed by atoms with van der Waals surface area (Å²) < 4.78 is 0. The van der Waals surface area contributed by atoms with Crippen molar-refractivity contribution in [2.45, 2.75) is 32.1 Å². The van der Waals surface area contributed by atoms with Crippen LogP contribution in [0.5, 0.6) is 0 Å². The van der Waals surface area contributed by atoms with E-state index >= 15 is 0 Å². The lowest BCUT2D eigenvalue weighted by atomic mass is 9.93. The number of hydrogen-bond donors (Lipinski definition) is 0. The van der Waals surface area contributed by atoms with Gasteiger partial charge in [-0.3, -0.25) is 14.6 Å². The number of amides is 2. The summed E-state index contributed by atoms with van der Waals surface area (Å²) in [5.74, 6) is 0.288. The van der Waals surface area contributed by atoms with Gasteiger partial charge < -0.3 is 9.80 Å². The fourth-order valence-electron chi connectivity index (χ4n) is 3.23. The Hall–Kier alpha value is -2.28. The van der Waals surface area contributed by atoms with Crippen molar-refractivity contribution in [1.82, 2.24) is 19.8 Å². The molecule has 3 rings (SSSR count). The number of carbonyl (C=O) groups excluding carboxylic acids is 2. The van der Waals surface area contributed by atoms with Gasteiger partial charge >= 0.3 is 0 Å². The van der Waals surface area contributed by atoms with E-state index in [1.54, 1.807) is 31.6 Å². The molecule has 138 valence electrons. The molecule has 2 aromatic rings. The number of aryl methyl sites for hydroxylation is 1. The molecule has 0 aliphatic carbocycles. The zero-order valence-electron chi connectivity index (χ0n) is 15.4. The smallest absolute Gasteiger partial charge is 0.254 e. The second-order valence-electron chi connectivity index (χ2n) is 6.88. The Balaban J connectivity index is 1.64. The first-order valence-electron chi connectivity index (χ1n) is 8.80. The molecule has 0 bridgehead atoms. The van der Waals surface area contributed by atoms with Gasteiger partial charge in [-0.05, 0) is 31.9 Å². The zero-order valence-corrected chi connectivity index (χ0v) is 16.3. The van der Waals surface area contributed by atoms with Crippen molar-refractivity contribution in [2.24, 2.45) is 0 Å². The van der Waals surface area contributed by atoms with Crippen molar-refractivity contribution in [2.75, 3.05) is 27.2 Å². The molecule has 2 aromatic heterocycles. The summed E-state index contributed by atoms with van der Waals surface area (Å²) in [5, 5.41) is 2.94. The fourth-order valence-corrected chi connectivity index (χ4v) is 3.85. The summed E-state index contributed by atoms with van der Waals surface area (Å²) >= 11 is 1.57. The van der Waals surface area contributed by atoms with Crippen LogP contribution in [0, 0.1) is 6.92 Å². The van der Waals surface area contributed by atoms with Gasteiger partial charge in [-0.15, -0.1) is 11.3 Å².